The van der Waals surface area contributed by atoms with E-state index in [0.29, 0.717) is 49.0 Å². The van der Waals surface area contributed by atoms with Crippen LogP contribution in [0.15, 0.2) is 18.2 Å². The minimum absolute atomic E-state index is 0.0404. The van der Waals surface area contributed by atoms with Crippen LogP contribution in [0.5, 0.6) is 0 Å². The van der Waals surface area contributed by atoms with E-state index in [2.05, 4.69) is 16.5 Å². The molecule has 9 heteroatoms. The predicted molar refractivity (Wildman–Crippen MR) is 118 cm³/mol. The molecule has 5 rings (SSSR count). The average Bonchev–Trinajstić information content (AvgIpc) is 3.60. The van der Waals surface area contributed by atoms with Gasteiger partial charge in [0.05, 0.1) is 11.8 Å². The summed E-state index contributed by atoms with van der Waals surface area (Å²) in [7, 11) is -3.39. The third kappa shape index (κ3) is 4.05. The highest BCUT2D eigenvalue weighted by molar-refractivity contribution is 7.93. The van der Waals surface area contributed by atoms with Crippen LogP contribution in [-0.4, -0.2) is 68.7 Å². The molecule has 0 amide bonds. The molecule has 1 aromatic carbocycles. The van der Waals surface area contributed by atoms with E-state index in [4.69, 9.17) is 0 Å². The lowest BCUT2D eigenvalue weighted by molar-refractivity contribution is 0.0119. The topological polar surface area (TPSA) is 52.7 Å². The Hall–Kier alpha value is -1.32. The lowest BCUT2D eigenvalue weighted by atomic mass is 9.86. The molecule has 2 aliphatic heterocycles. The Morgan fingerprint density at radius 2 is 1.81 bits per heavy atom. The molecule has 1 N–H and O–H groups in total. The fourth-order valence-electron chi connectivity index (χ4n) is 6.20. The van der Waals surface area contributed by atoms with Crippen LogP contribution in [0.2, 0.25) is 0 Å². The Balaban J connectivity index is 1.20. The molecule has 0 bridgehead atoms. The number of nitrogens with zero attached hydrogens (tertiary/aromatic N) is 2. The number of fused-ring (bicyclic) bond motifs is 1. The number of nitrogens with one attached hydrogen (secondary N) is 1. The van der Waals surface area contributed by atoms with Crippen LogP contribution in [0.4, 0.5) is 18.9 Å². The van der Waals surface area contributed by atoms with Gasteiger partial charge in [-0.2, -0.15) is 0 Å². The van der Waals surface area contributed by atoms with Crippen LogP contribution < -0.4 is 4.72 Å². The zero-order chi connectivity index (χ0) is 22.7. The van der Waals surface area contributed by atoms with E-state index in [0.717, 1.165) is 32.5 Å². The highest BCUT2D eigenvalue weighted by Crippen LogP contribution is 2.66. The van der Waals surface area contributed by atoms with Crippen molar-refractivity contribution in [2.45, 2.75) is 55.6 Å². The number of piperidine rings is 1. The predicted octanol–water partition coefficient (Wildman–Crippen LogP) is 3.67. The molecule has 4 fully saturated rings. The standard InChI is InChI=1S/C23H32F3N3O2S/c1-2-23(18-12-16(4-7-21(18)24)27-32(30,31)17-5-6-17)19-13-29(14-20(19)23)10-3-9-28-11-8-22(25,26)15-28/h4,7,12,17,19-20,27H,2-3,5-6,8-11,13-15H2,1H3/t19-,20+,23+. The summed E-state index contributed by atoms with van der Waals surface area (Å²) in [5.74, 6) is -2.10. The van der Waals surface area contributed by atoms with Gasteiger partial charge >= 0.3 is 0 Å². The number of hydrogen-bond acceptors (Lipinski definition) is 4. The van der Waals surface area contributed by atoms with Gasteiger partial charge in [-0.25, -0.2) is 21.6 Å². The highest BCUT2D eigenvalue weighted by atomic mass is 32.2. The Bertz CT molecular complexity index is 971. The second-order valence-corrected chi connectivity index (χ2v) is 12.1. The van der Waals surface area contributed by atoms with Gasteiger partial charge in [-0.05, 0) is 74.4 Å². The van der Waals surface area contributed by atoms with Crippen molar-refractivity contribution in [2.75, 3.05) is 44.0 Å². The first-order chi connectivity index (χ1) is 15.1. The molecule has 5 nitrogen and oxygen atoms in total. The second-order valence-electron chi connectivity index (χ2n) is 10.1. The summed E-state index contributed by atoms with van der Waals surface area (Å²) in [6.45, 7) is 5.75. The van der Waals surface area contributed by atoms with Crippen LogP contribution in [0.25, 0.3) is 0 Å². The van der Waals surface area contributed by atoms with Gasteiger partial charge in [0.2, 0.25) is 10.0 Å². The molecule has 0 unspecified atom stereocenters. The molecular formula is C23H32F3N3O2S. The number of likely N-dealkylation sites (tertiary alicyclic amines) is 2. The summed E-state index contributed by atoms with van der Waals surface area (Å²) in [4.78, 5) is 4.21. The first-order valence-corrected chi connectivity index (χ1v) is 13.3. The van der Waals surface area contributed by atoms with E-state index in [1.54, 1.807) is 6.07 Å². The second kappa shape index (κ2) is 7.87. The summed E-state index contributed by atoms with van der Waals surface area (Å²) in [5.41, 5.74) is 0.842. The quantitative estimate of drug-likeness (QED) is 0.597. The molecule has 1 aromatic rings. The molecule has 3 atom stereocenters. The summed E-state index contributed by atoms with van der Waals surface area (Å²) >= 11 is 0. The molecule has 0 aromatic heterocycles. The number of sulfonamides is 1. The van der Waals surface area contributed by atoms with Gasteiger partial charge < -0.3 is 4.90 Å². The third-order valence-electron chi connectivity index (χ3n) is 8.08. The van der Waals surface area contributed by atoms with E-state index in [1.807, 2.05) is 4.90 Å². The first-order valence-electron chi connectivity index (χ1n) is 11.8. The van der Waals surface area contributed by atoms with Crippen molar-refractivity contribution in [1.29, 1.82) is 0 Å². The normalized spacial score (nSPS) is 32.2. The first kappa shape index (κ1) is 22.5. The Morgan fingerprint density at radius 3 is 2.41 bits per heavy atom. The summed E-state index contributed by atoms with van der Waals surface area (Å²) in [6, 6.07) is 4.60. The summed E-state index contributed by atoms with van der Waals surface area (Å²) < 4.78 is 68.8. The Morgan fingerprint density at radius 1 is 1.12 bits per heavy atom. The fourth-order valence-corrected chi connectivity index (χ4v) is 7.58. The van der Waals surface area contributed by atoms with Crippen molar-refractivity contribution >= 4 is 15.7 Å². The SMILES string of the molecule is CC[C@]1(c2cc(NS(=O)(=O)C3CC3)ccc2F)[C@@H]2CN(CCCN3CCC(F)(F)C3)C[C@@H]21. The van der Waals surface area contributed by atoms with Crippen molar-refractivity contribution < 1.29 is 21.6 Å². The van der Waals surface area contributed by atoms with E-state index in [-0.39, 0.29) is 29.4 Å². The van der Waals surface area contributed by atoms with E-state index in [9.17, 15) is 21.6 Å². The van der Waals surface area contributed by atoms with Crippen molar-refractivity contribution in [3.63, 3.8) is 0 Å². The third-order valence-corrected chi connectivity index (χ3v) is 9.95. The van der Waals surface area contributed by atoms with Gasteiger partial charge in [0.1, 0.15) is 5.82 Å². The smallest absolute Gasteiger partial charge is 0.261 e. The monoisotopic (exact) mass is 471 g/mol. The van der Waals surface area contributed by atoms with Gasteiger partial charge in [-0.15, -0.1) is 0 Å². The molecule has 0 radical (unpaired) electrons. The highest BCUT2D eigenvalue weighted by Gasteiger charge is 2.68. The minimum Gasteiger partial charge on any atom is -0.303 e. The maximum atomic E-state index is 14.9. The van der Waals surface area contributed by atoms with Gasteiger partial charge in [0.25, 0.3) is 5.92 Å². The van der Waals surface area contributed by atoms with Crippen molar-refractivity contribution in [3.8, 4) is 0 Å². The molecule has 32 heavy (non-hydrogen) atoms. The molecule has 2 saturated carbocycles. The Kier molecular flexibility index (Phi) is 5.53. The zero-order valence-corrected chi connectivity index (χ0v) is 19.3. The molecule has 0 spiro atoms. The van der Waals surface area contributed by atoms with E-state index in [1.165, 1.54) is 12.1 Å². The summed E-state index contributed by atoms with van der Waals surface area (Å²) in [5, 5.41) is -0.322. The summed E-state index contributed by atoms with van der Waals surface area (Å²) in [6.07, 6.45) is 3.00. The number of hydrogen-bond donors (Lipinski definition) is 1. The Labute approximate surface area is 188 Å². The van der Waals surface area contributed by atoms with Crippen LogP contribution in [0.1, 0.15) is 44.6 Å². The molecule has 2 heterocycles. The van der Waals surface area contributed by atoms with Crippen molar-refractivity contribution in [3.05, 3.63) is 29.6 Å². The molecule has 2 saturated heterocycles. The van der Waals surface area contributed by atoms with Crippen molar-refractivity contribution in [1.82, 2.24) is 9.80 Å². The molecule has 2 aliphatic carbocycles. The van der Waals surface area contributed by atoms with E-state index >= 15 is 0 Å². The number of alkyl halides is 2. The maximum absolute atomic E-state index is 14.9. The van der Waals surface area contributed by atoms with Gasteiger partial charge in [-0.3, -0.25) is 9.62 Å². The largest absolute Gasteiger partial charge is 0.303 e. The van der Waals surface area contributed by atoms with Crippen molar-refractivity contribution in [2.24, 2.45) is 11.8 Å². The fraction of sp³-hybridized carbons (Fsp3) is 0.739. The average molecular weight is 472 g/mol. The van der Waals surface area contributed by atoms with Crippen LogP contribution in [0.3, 0.4) is 0 Å². The van der Waals surface area contributed by atoms with Gasteiger partial charge in [-0.1, -0.05) is 6.92 Å². The lowest BCUT2D eigenvalue weighted by Gasteiger charge is -2.27. The van der Waals surface area contributed by atoms with E-state index < -0.39 is 15.9 Å². The maximum Gasteiger partial charge on any atom is 0.261 e. The van der Waals surface area contributed by atoms with Gasteiger partial charge in [0.15, 0.2) is 0 Å². The molecule has 4 aliphatic rings. The molecular weight excluding hydrogens is 439 g/mol. The van der Waals surface area contributed by atoms with Crippen LogP contribution >= 0.6 is 0 Å². The van der Waals surface area contributed by atoms with Gasteiger partial charge in [0, 0.05) is 37.2 Å². The number of rotatable bonds is 9. The zero-order valence-electron chi connectivity index (χ0n) is 18.5. The lowest BCUT2D eigenvalue weighted by Crippen LogP contribution is -2.33. The number of anilines is 1. The number of halogens is 3. The minimum atomic E-state index is -3.39. The van der Waals surface area contributed by atoms with Crippen LogP contribution in [0, 0.1) is 17.7 Å². The molecule has 178 valence electrons. The van der Waals surface area contributed by atoms with Crippen LogP contribution in [-0.2, 0) is 15.4 Å². The number of benzene rings is 1.